The quantitative estimate of drug-likeness (QED) is 0.548. The van der Waals surface area contributed by atoms with Crippen molar-refractivity contribution in [2.24, 2.45) is 5.92 Å². The smallest absolute Gasteiger partial charge is 0.108 e. The van der Waals surface area contributed by atoms with Gasteiger partial charge in [0.15, 0.2) is 0 Å². The highest BCUT2D eigenvalue weighted by atomic mass is 32.1. The Hall–Kier alpha value is -2.42. The van der Waals surface area contributed by atoms with E-state index in [0.717, 1.165) is 62.3 Å². The largest absolute Gasteiger partial charge is 0.368 e. The predicted octanol–water partition coefficient (Wildman–Crippen LogP) is 5.25. The van der Waals surface area contributed by atoms with Gasteiger partial charge in [0.05, 0.1) is 28.0 Å². The van der Waals surface area contributed by atoms with Crippen LogP contribution in [0.25, 0.3) is 10.2 Å². The molecule has 4 nitrogen and oxygen atoms in total. The van der Waals surface area contributed by atoms with E-state index < -0.39 is 0 Å². The summed E-state index contributed by atoms with van der Waals surface area (Å²) in [5.41, 5.74) is 5.64. The maximum absolute atomic E-state index is 9.86. The second kappa shape index (κ2) is 9.16. The van der Waals surface area contributed by atoms with Gasteiger partial charge in [-0.15, -0.1) is 11.3 Å². The summed E-state index contributed by atoms with van der Waals surface area (Å²) in [6.45, 7) is 11.5. The Morgan fingerprint density at radius 2 is 1.90 bits per heavy atom. The standard InChI is InChI=1S/C25H30N4S/c1-4-20-14-19(13-18(2)3)15-23(21(20)16-26)29-11-9-28(10-12-29)17-25-27-22-7-5-6-8-24(22)30-25/h5-8,14-15,18H,4,9-13,17H2,1-3H3. The van der Waals surface area contributed by atoms with Crippen LogP contribution in [0.3, 0.4) is 0 Å². The van der Waals surface area contributed by atoms with E-state index in [1.165, 1.54) is 20.8 Å². The number of hydrogen-bond acceptors (Lipinski definition) is 5. The first-order valence-corrected chi connectivity index (χ1v) is 11.8. The van der Waals surface area contributed by atoms with Crippen LogP contribution in [0.2, 0.25) is 0 Å². The average Bonchev–Trinajstić information content (AvgIpc) is 3.15. The van der Waals surface area contributed by atoms with Crippen molar-refractivity contribution in [3.05, 3.63) is 58.1 Å². The van der Waals surface area contributed by atoms with Gasteiger partial charge in [-0.1, -0.05) is 39.0 Å². The molecule has 4 rings (SSSR count). The van der Waals surface area contributed by atoms with E-state index in [-0.39, 0.29) is 0 Å². The molecule has 0 unspecified atom stereocenters. The number of hydrogen-bond donors (Lipinski definition) is 0. The van der Waals surface area contributed by atoms with Crippen LogP contribution >= 0.6 is 11.3 Å². The number of anilines is 1. The van der Waals surface area contributed by atoms with E-state index >= 15 is 0 Å². The van der Waals surface area contributed by atoms with Crippen LogP contribution in [0.5, 0.6) is 0 Å². The molecule has 1 saturated heterocycles. The second-order valence-electron chi connectivity index (χ2n) is 8.55. The number of rotatable bonds is 6. The minimum absolute atomic E-state index is 0.612. The molecule has 1 aliphatic heterocycles. The molecule has 0 radical (unpaired) electrons. The maximum Gasteiger partial charge on any atom is 0.108 e. The Balaban J connectivity index is 1.48. The lowest BCUT2D eigenvalue weighted by Crippen LogP contribution is -2.46. The fraction of sp³-hybridized carbons (Fsp3) is 0.440. The van der Waals surface area contributed by atoms with E-state index in [9.17, 15) is 5.26 Å². The van der Waals surface area contributed by atoms with Crippen molar-refractivity contribution in [2.75, 3.05) is 31.1 Å². The normalized spacial score (nSPS) is 15.1. The van der Waals surface area contributed by atoms with Crippen LogP contribution in [0.15, 0.2) is 36.4 Å². The van der Waals surface area contributed by atoms with Gasteiger partial charge in [-0.2, -0.15) is 5.26 Å². The molecule has 0 bridgehead atoms. The fourth-order valence-electron chi connectivity index (χ4n) is 4.32. The van der Waals surface area contributed by atoms with E-state index in [2.05, 4.69) is 73.0 Å². The predicted molar refractivity (Wildman–Crippen MR) is 126 cm³/mol. The zero-order valence-electron chi connectivity index (χ0n) is 18.2. The molecule has 2 heterocycles. The number of para-hydroxylation sites is 1. The van der Waals surface area contributed by atoms with Crippen molar-refractivity contribution in [1.29, 1.82) is 5.26 Å². The first kappa shape index (κ1) is 20.8. The molecule has 3 aromatic rings. The molecular formula is C25H30N4S. The molecule has 5 heteroatoms. The number of fused-ring (bicyclic) bond motifs is 1. The number of piperazine rings is 1. The number of aryl methyl sites for hydroxylation is 1. The van der Waals surface area contributed by atoms with E-state index in [1.807, 2.05) is 0 Å². The van der Waals surface area contributed by atoms with Crippen LogP contribution in [-0.2, 0) is 19.4 Å². The van der Waals surface area contributed by atoms with Gasteiger partial charge >= 0.3 is 0 Å². The molecule has 0 N–H and O–H groups in total. The van der Waals surface area contributed by atoms with E-state index in [0.29, 0.717) is 5.92 Å². The summed E-state index contributed by atoms with van der Waals surface area (Å²) in [4.78, 5) is 9.69. The Kier molecular flexibility index (Phi) is 6.36. The summed E-state index contributed by atoms with van der Waals surface area (Å²) < 4.78 is 1.26. The van der Waals surface area contributed by atoms with Gasteiger partial charge in [0.1, 0.15) is 11.1 Å². The molecule has 156 valence electrons. The molecule has 30 heavy (non-hydrogen) atoms. The second-order valence-corrected chi connectivity index (χ2v) is 9.67. The van der Waals surface area contributed by atoms with Gasteiger partial charge in [-0.3, -0.25) is 4.90 Å². The van der Waals surface area contributed by atoms with Crippen molar-refractivity contribution < 1.29 is 0 Å². The molecule has 0 amide bonds. The van der Waals surface area contributed by atoms with Gasteiger partial charge in [0.25, 0.3) is 0 Å². The van der Waals surface area contributed by atoms with Crippen LogP contribution in [0.4, 0.5) is 5.69 Å². The topological polar surface area (TPSA) is 43.2 Å². The minimum atomic E-state index is 0.612. The highest BCUT2D eigenvalue weighted by molar-refractivity contribution is 7.18. The van der Waals surface area contributed by atoms with Crippen molar-refractivity contribution >= 4 is 27.2 Å². The third-order valence-corrected chi connectivity index (χ3v) is 6.83. The average molecular weight is 419 g/mol. The van der Waals surface area contributed by atoms with Gasteiger partial charge in [0.2, 0.25) is 0 Å². The van der Waals surface area contributed by atoms with Crippen LogP contribution in [0.1, 0.15) is 42.5 Å². The van der Waals surface area contributed by atoms with Crippen molar-refractivity contribution in [2.45, 2.75) is 40.2 Å². The van der Waals surface area contributed by atoms with Gasteiger partial charge < -0.3 is 4.90 Å². The Morgan fingerprint density at radius 1 is 1.13 bits per heavy atom. The SMILES string of the molecule is CCc1cc(CC(C)C)cc(N2CCN(Cc3nc4ccccc4s3)CC2)c1C#N. The highest BCUT2D eigenvalue weighted by Crippen LogP contribution is 2.29. The first-order chi connectivity index (χ1) is 14.6. The molecule has 2 aromatic carbocycles. The summed E-state index contributed by atoms with van der Waals surface area (Å²) in [7, 11) is 0. The van der Waals surface area contributed by atoms with Crippen molar-refractivity contribution in [3.8, 4) is 6.07 Å². The molecular weight excluding hydrogens is 388 g/mol. The monoisotopic (exact) mass is 418 g/mol. The van der Waals surface area contributed by atoms with Crippen molar-refractivity contribution in [1.82, 2.24) is 9.88 Å². The zero-order valence-corrected chi connectivity index (χ0v) is 19.0. The Morgan fingerprint density at radius 3 is 2.57 bits per heavy atom. The highest BCUT2D eigenvalue weighted by Gasteiger charge is 2.22. The Bertz CT molecular complexity index is 1020. The lowest BCUT2D eigenvalue weighted by molar-refractivity contribution is 0.249. The molecule has 1 aliphatic rings. The molecule has 1 aromatic heterocycles. The number of benzene rings is 2. The number of aromatic nitrogens is 1. The summed E-state index contributed by atoms with van der Waals surface area (Å²) in [5.74, 6) is 0.612. The summed E-state index contributed by atoms with van der Waals surface area (Å²) in [6, 6.07) is 15.4. The molecule has 1 fully saturated rings. The third-order valence-electron chi connectivity index (χ3n) is 5.81. The van der Waals surface area contributed by atoms with Crippen LogP contribution in [-0.4, -0.2) is 36.1 Å². The number of nitrogens with zero attached hydrogens (tertiary/aromatic N) is 4. The zero-order chi connectivity index (χ0) is 21.1. The van der Waals surface area contributed by atoms with E-state index in [1.54, 1.807) is 11.3 Å². The molecule has 0 atom stereocenters. The Labute approximate surface area is 183 Å². The van der Waals surface area contributed by atoms with Crippen LogP contribution in [0, 0.1) is 17.2 Å². The van der Waals surface area contributed by atoms with Crippen molar-refractivity contribution in [3.63, 3.8) is 0 Å². The lowest BCUT2D eigenvalue weighted by Gasteiger charge is -2.36. The van der Waals surface area contributed by atoms with Gasteiger partial charge in [-0.25, -0.2) is 4.98 Å². The van der Waals surface area contributed by atoms with Gasteiger partial charge in [-0.05, 0) is 48.1 Å². The summed E-state index contributed by atoms with van der Waals surface area (Å²) in [5, 5.41) is 11.0. The van der Waals surface area contributed by atoms with Gasteiger partial charge in [0, 0.05) is 26.2 Å². The summed E-state index contributed by atoms with van der Waals surface area (Å²) in [6.07, 6.45) is 1.96. The molecule has 0 spiro atoms. The third kappa shape index (κ3) is 4.50. The van der Waals surface area contributed by atoms with E-state index in [4.69, 9.17) is 4.98 Å². The van der Waals surface area contributed by atoms with Crippen LogP contribution < -0.4 is 4.90 Å². The minimum Gasteiger partial charge on any atom is -0.368 e. The lowest BCUT2D eigenvalue weighted by atomic mass is 9.95. The first-order valence-electron chi connectivity index (χ1n) is 10.9. The molecule has 0 saturated carbocycles. The maximum atomic E-state index is 9.86. The number of thiazole rings is 1. The number of nitriles is 1. The molecule has 0 aliphatic carbocycles. The summed E-state index contributed by atoms with van der Waals surface area (Å²) >= 11 is 1.80. The fourth-order valence-corrected chi connectivity index (χ4v) is 5.33.